The smallest absolute Gasteiger partial charge is 0.303 e. The highest BCUT2D eigenvalue weighted by Gasteiger charge is 2.45. The van der Waals surface area contributed by atoms with Crippen molar-refractivity contribution in [1.29, 1.82) is 0 Å². The Hall–Kier alpha value is -2.46. The Labute approximate surface area is 175 Å². The predicted molar refractivity (Wildman–Crippen MR) is 105 cm³/mol. The van der Waals surface area contributed by atoms with Gasteiger partial charge in [0.05, 0.1) is 17.6 Å². The minimum atomic E-state index is -3.53. The molecule has 2 rings (SSSR count). The molecule has 0 spiro atoms. The summed E-state index contributed by atoms with van der Waals surface area (Å²) in [6, 6.07) is 8.73. The largest absolute Gasteiger partial charge is 0.462 e. The van der Waals surface area contributed by atoms with Gasteiger partial charge in [-0.25, -0.2) is 8.42 Å². The van der Waals surface area contributed by atoms with Crippen LogP contribution in [-0.2, 0) is 48.9 Å². The third-order valence-electron chi connectivity index (χ3n) is 4.33. The number of benzene rings is 1. The maximum Gasteiger partial charge on any atom is 0.303 e. The van der Waals surface area contributed by atoms with Crippen molar-refractivity contribution < 1.29 is 41.7 Å². The Kier molecular flexibility index (Phi) is 8.36. The lowest BCUT2D eigenvalue weighted by molar-refractivity contribution is -0.174. The van der Waals surface area contributed by atoms with Crippen LogP contribution < -0.4 is 0 Å². The van der Waals surface area contributed by atoms with Gasteiger partial charge in [-0.15, -0.1) is 0 Å². The Morgan fingerprint density at radius 3 is 2.30 bits per heavy atom. The van der Waals surface area contributed by atoms with Crippen molar-refractivity contribution in [1.82, 2.24) is 0 Å². The summed E-state index contributed by atoms with van der Waals surface area (Å²) < 4.78 is 46.4. The lowest BCUT2D eigenvalue weighted by atomic mass is 10.1. The van der Waals surface area contributed by atoms with Crippen molar-refractivity contribution in [3.05, 3.63) is 35.9 Å². The normalized spacial score (nSPS) is 22.2. The lowest BCUT2D eigenvalue weighted by Gasteiger charge is -2.26. The third kappa shape index (κ3) is 7.75. The monoisotopic (exact) mass is 442 g/mol. The quantitative estimate of drug-likeness (QED) is 0.410. The summed E-state index contributed by atoms with van der Waals surface area (Å²) in [5, 5.41) is 0. The molecule has 1 saturated heterocycles. The number of rotatable bonds is 9. The SMILES string of the molecule is CC(=O)OCC(OC(C)=O)[C@@H]1O[C@@H](CS(=O)(=O)Cc2ccccc2)C[C@H]1OC(C)=O. The summed E-state index contributed by atoms with van der Waals surface area (Å²) in [4.78, 5) is 34.1. The van der Waals surface area contributed by atoms with Gasteiger partial charge >= 0.3 is 17.9 Å². The van der Waals surface area contributed by atoms with E-state index in [1.807, 2.05) is 0 Å². The Morgan fingerprint density at radius 1 is 1.07 bits per heavy atom. The number of esters is 3. The van der Waals surface area contributed by atoms with Gasteiger partial charge in [-0.3, -0.25) is 14.4 Å². The first kappa shape index (κ1) is 23.8. The van der Waals surface area contributed by atoms with Crippen molar-refractivity contribution in [2.75, 3.05) is 12.4 Å². The van der Waals surface area contributed by atoms with Gasteiger partial charge in [0.15, 0.2) is 15.9 Å². The van der Waals surface area contributed by atoms with Crippen LogP contribution in [0, 0.1) is 0 Å². The first-order valence-corrected chi connectivity index (χ1v) is 11.3. The van der Waals surface area contributed by atoms with E-state index < -0.39 is 52.2 Å². The molecule has 4 atom stereocenters. The molecule has 1 aromatic rings. The molecule has 0 N–H and O–H groups in total. The second-order valence-corrected chi connectivity index (χ2v) is 9.21. The van der Waals surface area contributed by atoms with E-state index in [2.05, 4.69) is 0 Å². The third-order valence-corrected chi connectivity index (χ3v) is 5.99. The number of hydrogen-bond donors (Lipinski definition) is 0. The number of carbonyl (C=O) groups excluding carboxylic acids is 3. The second kappa shape index (κ2) is 10.5. The molecule has 1 fully saturated rings. The molecule has 1 aliphatic rings. The van der Waals surface area contributed by atoms with Crippen LogP contribution in [0.1, 0.15) is 32.8 Å². The predicted octanol–water partition coefficient (Wildman–Crippen LogP) is 1.19. The van der Waals surface area contributed by atoms with Crippen LogP contribution in [-0.4, -0.2) is 63.1 Å². The molecule has 30 heavy (non-hydrogen) atoms. The minimum Gasteiger partial charge on any atom is -0.462 e. The molecule has 1 unspecified atom stereocenters. The van der Waals surface area contributed by atoms with Gasteiger partial charge in [0, 0.05) is 27.2 Å². The van der Waals surface area contributed by atoms with E-state index in [1.54, 1.807) is 30.3 Å². The Morgan fingerprint density at radius 2 is 1.73 bits per heavy atom. The fraction of sp³-hybridized carbons (Fsp3) is 0.550. The van der Waals surface area contributed by atoms with Gasteiger partial charge in [-0.2, -0.15) is 0 Å². The van der Waals surface area contributed by atoms with Crippen LogP contribution in [0.2, 0.25) is 0 Å². The zero-order chi connectivity index (χ0) is 22.3. The first-order chi connectivity index (χ1) is 14.1. The lowest BCUT2D eigenvalue weighted by Crippen LogP contribution is -2.43. The van der Waals surface area contributed by atoms with Crippen molar-refractivity contribution in [3.63, 3.8) is 0 Å². The van der Waals surface area contributed by atoms with Crippen molar-refractivity contribution in [2.45, 2.75) is 57.4 Å². The topological polar surface area (TPSA) is 122 Å². The van der Waals surface area contributed by atoms with Crippen LogP contribution in [0.15, 0.2) is 30.3 Å². The molecule has 0 aliphatic carbocycles. The molecule has 0 radical (unpaired) electrons. The second-order valence-electron chi connectivity index (χ2n) is 7.10. The fourth-order valence-corrected chi connectivity index (χ4v) is 4.90. The van der Waals surface area contributed by atoms with Crippen LogP contribution >= 0.6 is 0 Å². The van der Waals surface area contributed by atoms with E-state index in [4.69, 9.17) is 18.9 Å². The molecule has 166 valence electrons. The summed E-state index contributed by atoms with van der Waals surface area (Å²) >= 11 is 0. The van der Waals surface area contributed by atoms with Gasteiger partial charge in [-0.05, 0) is 5.56 Å². The average Bonchev–Trinajstić information content (AvgIpc) is 2.99. The summed E-state index contributed by atoms with van der Waals surface area (Å²) in [6.07, 6.45) is -3.52. The highest BCUT2D eigenvalue weighted by molar-refractivity contribution is 7.90. The van der Waals surface area contributed by atoms with Gasteiger partial charge in [0.25, 0.3) is 0 Å². The van der Waals surface area contributed by atoms with E-state index in [1.165, 1.54) is 20.8 Å². The molecule has 1 aliphatic heterocycles. The zero-order valence-electron chi connectivity index (χ0n) is 17.1. The minimum absolute atomic E-state index is 0.107. The van der Waals surface area contributed by atoms with Crippen LogP contribution in [0.3, 0.4) is 0 Å². The number of carbonyl (C=O) groups is 3. The standard InChI is InChI=1S/C20H26O9S/c1-13(21)26-10-19(28-15(3)23)20-18(27-14(2)22)9-17(29-20)12-30(24,25)11-16-7-5-4-6-8-16/h4-8,17-20H,9-12H2,1-3H3/t17-,18-,19?,20-/m1/s1. The first-order valence-electron chi connectivity index (χ1n) is 9.43. The van der Waals surface area contributed by atoms with Crippen molar-refractivity contribution >= 4 is 27.7 Å². The Balaban J connectivity index is 2.13. The summed E-state index contributed by atoms with van der Waals surface area (Å²) in [5.74, 6) is -2.27. The van der Waals surface area contributed by atoms with E-state index in [0.717, 1.165) is 0 Å². The summed E-state index contributed by atoms with van der Waals surface area (Å²) in [6.45, 7) is 3.28. The van der Waals surface area contributed by atoms with Crippen LogP contribution in [0.25, 0.3) is 0 Å². The van der Waals surface area contributed by atoms with Crippen molar-refractivity contribution in [3.8, 4) is 0 Å². The fourth-order valence-electron chi connectivity index (χ4n) is 3.30. The number of ether oxygens (including phenoxy) is 4. The van der Waals surface area contributed by atoms with E-state index in [0.29, 0.717) is 5.56 Å². The van der Waals surface area contributed by atoms with Gasteiger partial charge in [0.2, 0.25) is 0 Å². The number of sulfone groups is 1. The molecule has 9 nitrogen and oxygen atoms in total. The van der Waals surface area contributed by atoms with Crippen LogP contribution in [0.5, 0.6) is 0 Å². The maximum absolute atomic E-state index is 12.6. The van der Waals surface area contributed by atoms with Crippen molar-refractivity contribution in [2.24, 2.45) is 0 Å². The highest BCUT2D eigenvalue weighted by Crippen LogP contribution is 2.29. The molecule has 0 saturated carbocycles. The van der Waals surface area contributed by atoms with E-state index in [-0.39, 0.29) is 24.5 Å². The molecule has 0 amide bonds. The van der Waals surface area contributed by atoms with Crippen LogP contribution in [0.4, 0.5) is 0 Å². The molecular weight excluding hydrogens is 416 g/mol. The summed E-state index contributed by atoms with van der Waals surface area (Å²) in [5.41, 5.74) is 0.649. The molecule has 1 aromatic carbocycles. The van der Waals surface area contributed by atoms with Gasteiger partial charge in [-0.1, -0.05) is 30.3 Å². The molecule has 1 heterocycles. The highest BCUT2D eigenvalue weighted by atomic mass is 32.2. The summed E-state index contributed by atoms with van der Waals surface area (Å²) in [7, 11) is -3.53. The molecular formula is C20H26O9S. The van der Waals surface area contributed by atoms with Gasteiger partial charge in [0.1, 0.15) is 18.8 Å². The number of hydrogen-bond acceptors (Lipinski definition) is 9. The van der Waals surface area contributed by atoms with E-state index in [9.17, 15) is 22.8 Å². The molecule has 10 heteroatoms. The average molecular weight is 442 g/mol. The maximum atomic E-state index is 12.6. The van der Waals surface area contributed by atoms with E-state index >= 15 is 0 Å². The zero-order valence-corrected chi connectivity index (χ0v) is 17.9. The van der Waals surface area contributed by atoms with Gasteiger partial charge < -0.3 is 18.9 Å². The molecule has 0 bridgehead atoms. The molecule has 0 aromatic heterocycles. The Bertz CT molecular complexity index is 850.